The van der Waals surface area contributed by atoms with E-state index in [1.54, 1.807) is 0 Å². The van der Waals surface area contributed by atoms with Crippen LogP contribution in [0.2, 0.25) is 0 Å². The lowest BCUT2D eigenvalue weighted by Crippen LogP contribution is -2.32. The van der Waals surface area contributed by atoms with Crippen molar-refractivity contribution in [3.63, 3.8) is 0 Å². The summed E-state index contributed by atoms with van der Waals surface area (Å²) in [7, 11) is 0. The van der Waals surface area contributed by atoms with Gasteiger partial charge in [0, 0.05) is 49.2 Å². The quantitative estimate of drug-likeness (QED) is 0.756. The molecule has 1 unspecified atom stereocenters. The number of benzene rings is 1. The van der Waals surface area contributed by atoms with Crippen LogP contribution in [0, 0.1) is 0 Å². The maximum Gasteiger partial charge on any atom is 0.200 e. The number of hydrogen-bond acceptors (Lipinski definition) is 2. The number of rotatable bonds is 2. The Labute approximate surface area is 174 Å². The monoisotopic (exact) mass is 389 g/mol. The minimum absolute atomic E-state index is 0.0888. The van der Waals surface area contributed by atoms with Gasteiger partial charge in [-0.25, -0.2) is 4.58 Å². The highest BCUT2D eigenvalue weighted by Crippen LogP contribution is 2.49. The topological polar surface area (TPSA) is 26.5 Å². The van der Waals surface area contributed by atoms with Gasteiger partial charge in [-0.15, -0.1) is 0 Å². The third kappa shape index (κ3) is 3.02. The zero-order valence-electron chi connectivity index (χ0n) is 18.0. The summed E-state index contributed by atoms with van der Waals surface area (Å²) in [5.41, 5.74) is 8.79. The van der Waals surface area contributed by atoms with Gasteiger partial charge in [-0.1, -0.05) is 19.9 Å². The Kier molecular flexibility index (Phi) is 4.54. The summed E-state index contributed by atoms with van der Waals surface area (Å²) in [5, 5.41) is 10.7. The van der Waals surface area contributed by atoms with Gasteiger partial charge in [0.15, 0.2) is 5.71 Å². The highest BCUT2D eigenvalue weighted by Gasteiger charge is 2.39. The average Bonchev–Trinajstić information content (AvgIpc) is 3.42. The predicted molar refractivity (Wildman–Crippen MR) is 121 cm³/mol. The van der Waals surface area contributed by atoms with Gasteiger partial charge in [-0.3, -0.25) is 0 Å². The molecule has 0 bridgehead atoms. The second-order valence-electron chi connectivity index (χ2n) is 9.56. The Hall–Kier alpha value is -2.13. The molecule has 152 valence electrons. The molecule has 29 heavy (non-hydrogen) atoms. The third-order valence-electron chi connectivity index (χ3n) is 7.29. The first-order chi connectivity index (χ1) is 14.0. The molecule has 0 aromatic heterocycles. The molecule has 4 aliphatic rings. The Morgan fingerprint density at radius 3 is 2.45 bits per heavy atom. The van der Waals surface area contributed by atoms with Crippen LogP contribution in [0.25, 0.3) is 5.57 Å². The predicted octanol–water partition coefficient (Wildman–Crippen LogP) is 4.46. The van der Waals surface area contributed by atoms with Gasteiger partial charge in [0.25, 0.3) is 0 Å². The molecule has 0 saturated carbocycles. The summed E-state index contributed by atoms with van der Waals surface area (Å²) >= 11 is 0. The zero-order valence-corrected chi connectivity index (χ0v) is 18.0. The number of nitrogens with zero attached hydrogens (tertiary/aromatic N) is 2. The molecule has 0 amide bonds. The summed E-state index contributed by atoms with van der Waals surface area (Å²) in [6.07, 6.45) is 11.6. The number of anilines is 1. The molecule has 0 radical (unpaired) electrons. The van der Waals surface area contributed by atoms with E-state index in [4.69, 9.17) is 0 Å². The Balaban J connectivity index is 1.70. The van der Waals surface area contributed by atoms with Crippen LogP contribution in [-0.2, 0) is 5.41 Å². The van der Waals surface area contributed by atoms with Crippen molar-refractivity contribution in [3.05, 3.63) is 58.7 Å². The van der Waals surface area contributed by atoms with E-state index in [1.165, 1.54) is 59.4 Å². The number of aliphatic hydroxyl groups is 1. The SMILES string of the molecule is CC(O)C1=C2C=CC(=[N+]3CCCC3)C=C2C(C)(C)c2cc(N3CCCC3)ccc21. The molecule has 2 aliphatic carbocycles. The summed E-state index contributed by atoms with van der Waals surface area (Å²) in [6.45, 7) is 11.2. The minimum Gasteiger partial charge on any atom is -0.389 e. The van der Waals surface area contributed by atoms with Crippen LogP contribution in [-0.4, -0.2) is 47.7 Å². The van der Waals surface area contributed by atoms with Crippen LogP contribution in [0.5, 0.6) is 0 Å². The average molecular weight is 390 g/mol. The molecule has 1 aromatic rings. The number of fused-ring (bicyclic) bond motifs is 2. The third-order valence-corrected chi connectivity index (χ3v) is 7.29. The first-order valence-electron chi connectivity index (χ1n) is 11.3. The van der Waals surface area contributed by atoms with E-state index >= 15 is 0 Å². The summed E-state index contributed by atoms with van der Waals surface area (Å²) in [5.74, 6) is 0. The molecule has 2 fully saturated rings. The molecule has 0 spiro atoms. The lowest BCUT2D eigenvalue weighted by Gasteiger charge is -2.40. The molecule has 2 saturated heterocycles. The van der Waals surface area contributed by atoms with Crippen molar-refractivity contribution in [1.29, 1.82) is 0 Å². The Bertz CT molecular complexity index is 960. The summed E-state index contributed by atoms with van der Waals surface area (Å²) in [4.78, 5) is 2.51. The fourth-order valence-electron chi connectivity index (χ4n) is 5.65. The van der Waals surface area contributed by atoms with E-state index in [9.17, 15) is 5.11 Å². The van der Waals surface area contributed by atoms with Crippen LogP contribution >= 0.6 is 0 Å². The second kappa shape index (κ2) is 6.98. The van der Waals surface area contributed by atoms with E-state index < -0.39 is 6.10 Å². The lowest BCUT2D eigenvalue weighted by atomic mass is 9.64. The van der Waals surface area contributed by atoms with Gasteiger partial charge >= 0.3 is 0 Å². The van der Waals surface area contributed by atoms with Crippen LogP contribution in [0.15, 0.2) is 47.6 Å². The van der Waals surface area contributed by atoms with E-state index in [2.05, 4.69) is 59.8 Å². The van der Waals surface area contributed by atoms with E-state index in [0.717, 1.165) is 31.8 Å². The van der Waals surface area contributed by atoms with Crippen LogP contribution < -0.4 is 4.90 Å². The van der Waals surface area contributed by atoms with Gasteiger partial charge in [0.05, 0.1) is 6.10 Å². The number of allylic oxidation sites excluding steroid dienone is 5. The molecule has 5 rings (SSSR count). The van der Waals surface area contributed by atoms with Crippen molar-refractivity contribution < 1.29 is 9.68 Å². The van der Waals surface area contributed by atoms with Gasteiger partial charge < -0.3 is 10.0 Å². The van der Waals surface area contributed by atoms with Crippen molar-refractivity contribution in [2.45, 2.75) is 58.0 Å². The zero-order chi connectivity index (χ0) is 20.2. The van der Waals surface area contributed by atoms with Gasteiger partial charge in [0.2, 0.25) is 0 Å². The molecule has 2 aliphatic heterocycles. The summed E-state index contributed by atoms with van der Waals surface area (Å²) in [6, 6.07) is 6.91. The van der Waals surface area contributed by atoms with E-state index in [0.29, 0.717) is 0 Å². The highest BCUT2D eigenvalue weighted by atomic mass is 16.3. The van der Waals surface area contributed by atoms with Crippen molar-refractivity contribution >= 4 is 17.0 Å². The Morgan fingerprint density at radius 1 is 1.03 bits per heavy atom. The maximum atomic E-state index is 10.7. The van der Waals surface area contributed by atoms with Crippen molar-refractivity contribution in [2.75, 3.05) is 31.1 Å². The largest absolute Gasteiger partial charge is 0.389 e. The van der Waals surface area contributed by atoms with Gasteiger partial charge in [0.1, 0.15) is 13.1 Å². The van der Waals surface area contributed by atoms with Crippen molar-refractivity contribution in [2.24, 2.45) is 0 Å². The van der Waals surface area contributed by atoms with Crippen LogP contribution in [0.4, 0.5) is 5.69 Å². The molecule has 3 nitrogen and oxygen atoms in total. The fourth-order valence-corrected chi connectivity index (χ4v) is 5.65. The smallest absolute Gasteiger partial charge is 0.200 e. The lowest BCUT2D eigenvalue weighted by molar-refractivity contribution is -0.504. The van der Waals surface area contributed by atoms with E-state index in [-0.39, 0.29) is 5.41 Å². The van der Waals surface area contributed by atoms with Crippen molar-refractivity contribution in [3.8, 4) is 0 Å². The second-order valence-corrected chi connectivity index (χ2v) is 9.56. The molecule has 1 atom stereocenters. The molecule has 1 N–H and O–H groups in total. The molecule has 2 heterocycles. The standard InChI is InChI=1S/C26H33N2O/c1-18(29)25-21-10-8-19(27-12-4-5-13-27)16-23(21)26(2,3)24-17-20(9-11-22(24)25)28-14-6-7-15-28/h8-11,16-18,29H,4-7,12-15H2,1-3H3/q+1. The molecule has 1 aromatic carbocycles. The maximum absolute atomic E-state index is 10.7. The minimum atomic E-state index is -0.487. The first-order valence-corrected chi connectivity index (χ1v) is 11.3. The molecule has 3 heteroatoms. The van der Waals surface area contributed by atoms with E-state index in [1.807, 2.05) is 6.92 Å². The Morgan fingerprint density at radius 2 is 1.76 bits per heavy atom. The summed E-state index contributed by atoms with van der Waals surface area (Å²) < 4.78 is 2.51. The van der Waals surface area contributed by atoms with Crippen molar-refractivity contribution in [1.82, 2.24) is 0 Å². The molecular weight excluding hydrogens is 356 g/mol. The number of aliphatic hydroxyl groups excluding tert-OH is 1. The normalized spacial score (nSPS) is 24.0. The van der Waals surface area contributed by atoms with Gasteiger partial charge in [-0.2, -0.15) is 0 Å². The fraction of sp³-hybridized carbons (Fsp3) is 0.500. The number of hydrogen-bond donors (Lipinski definition) is 1. The van der Waals surface area contributed by atoms with Crippen LogP contribution in [0.3, 0.4) is 0 Å². The molecular formula is C26H33N2O+. The first kappa shape index (κ1) is 18.9. The highest BCUT2D eigenvalue weighted by molar-refractivity contribution is 6.06. The van der Waals surface area contributed by atoms with Gasteiger partial charge in [-0.05, 0) is 65.8 Å². The van der Waals surface area contributed by atoms with Crippen LogP contribution in [0.1, 0.15) is 57.6 Å².